The fourth-order valence-corrected chi connectivity index (χ4v) is 0.821. The van der Waals surface area contributed by atoms with Gasteiger partial charge in [0.1, 0.15) is 6.61 Å². The van der Waals surface area contributed by atoms with E-state index in [2.05, 4.69) is 13.5 Å². The Balaban J connectivity index is 3.58. The predicted octanol–water partition coefficient (Wildman–Crippen LogP) is 2.46. The second-order valence-corrected chi connectivity index (χ2v) is 2.63. The molecule has 0 aliphatic heterocycles. The molecule has 2 nitrogen and oxygen atoms in total. The largest absolute Gasteiger partial charge is 0.458 e. The molecule has 0 rings (SSSR count). The van der Waals surface area contributed by atoms with Gasteiger partial charge in [-0.2, -0.15) is 0 Å². The summed E-state index contributed by atoms with van der Waals surface area (Å²) < 4.78 is 4.77. The fraction of sp³-hybridized carbons (Fsp3) is 0.500. The molecule has 0 atom stereocenters. The van der Waals surface area contributed by atoms with Gasteiger partial charge in [0, 0.05) is 6.08 Å². The van der Waals surface area contributed by atoms with Gasteiger partial charge in [0.2, 0.25) is 0 Å². The lowest BCUT2D eigenvalue weighted by atomic mass is 10.2. The first-order valence-corrected chi connectivity index (χ1v) is 4.15. The summed E-state index contributed by atoms with van der Waals surface area (Å²) in [5.74, 6) is -0.365. The standard InChI is InChI=1S/C10H16O2/c1-4-6-9(3)7-8-12-10(11)5-2/h5,7H,2,4,6,8H2,1,3H3. The monoisotopic (exact) mass is 168 g/mol. The molecule has 0 aromatic rings. The van der Waals surface area contributed by atoms with Gasteiger partial charge in [0.15, 0.2) is 0 Å². The second kappa shape index (κ2) is 6.65. The highest BCUT2D eigenvalue weighted by Crippen LogP contribution is 2.02. The lowest BCUT2D eigenvalue weighted by molar-refractivity contribution is -0.136. The van der Waals surface area contributed by atoms with Gasteiger partial charge in [-0.1, -0.05) is 25.5 Å². The molecule has 0 N–H and O–H groups in total. The van der Waals surface area contributed by atoms with Crippen LogP contribution in [0.3, 0.4) is 0 Å². The van der Waals surface area contributed by atoms with Gasteiger partial charge in [-0.15, -0.1) is 0 Å². The van der Waals surface area contributed by atoms with Crippen molar-refractivity contribution in [3.8, 4) is 0 Å². The van der Waals surface area contributed by atoms with E-state index in [4.69, 9.17) is 4.74 Å². The summed E-state index contributed by atoms with van der Waals surface area (Å²) in [7, 11) is 0. The number of allylic oxidation sites excluding steroid dienone is 1. The zero-order chi connectivity index (χ0) is 9.40. The van der Waals surface area contributed by atoms with Crippen LogP contribution < -0.4 is 0 Å². The molecule has 0 radical (unpaired) electrons. The molecule has 0 aliphatic carbocycles. The van der Waals surface area contributed by atoms with Gasteiger partial charge in [0.25, 0.3) is 0 Å². The van der Waals surface area contributed by atoms with Crippen LogP contribution in [0, 0.1) is 0 Å². The molecule has 0 aromatic heterocycles. The average Bonchev–Trinajstić information content (AvgIpc) is 2.04. The summed E-state index contributed by atoms with van der Waals surface area (Å²) >= 11 is 0. The summed E-state index contributed by atoms with van der Waals surface area (Å²) in [6.07, 6.45) is 5.28. The normalized spacial score (nSPS) is 11.0. The number of carbonyl (C=O) groups is 1. The number of carbonyl (C=O) groups excluding carboxylic acids is 1. The number of ether oxygens (including phenoxy) is 1. The van der Waals surface area contributed by atoms with Gasteiger partial charge < -0.3 is 4.74 Å². The average molecular weight is 168 g/mol. The molecular formula is C10H16O2. The van der Waals surface area contributed by atoms with E-state index >= 15 is 0 Å². The molecule has 68 valence electrons. The van der Waals surface area contributed by atoms with E-state index in [-0.39, 0.29) is 5.97 Å². The van der Waals surface area contributed by atoms with Crippen molar-refractivity contribution >= 4 is 5.97 Å². The first-order valence-electron chi connectivity index (χ1n) is 4.15. The minimum absolute atomic E-state index is 0.358. The van der Waals surface area contributed by atoms with Crippen LogP contribution in [0.5, 0.6) is 0 Å². The topological polar surface area (TPSA) is 26.3 Å². The Morgan fingerprint density at radius 1 is 1.58 bits per heavy atom. The Hall–Kier alpha value is -1.05. The van der Waals surface area contributed by atoms with Crippen molar-refractivity contribution in [3.05, 3.63) is 24.3 Å². The minimum Gasteiger partial charge on any atom is -0.458 e. The van der Waals surface area contributed by atoms with E-state index in [1.165, 1.54) is 11.6 Å². The number of esters is 1. The van der Waals surface area contributed by atoms with Crippen LogP contribution in [0.1, 0.15) is 26.7 Å². The van der Waals surface area contributed by atoms with E-state index in [1.54, 1.807) is 0 Å². The number of hydrogen-bond acceptors (Lipinski definition) is 2. The Labute approximate surface area is 73.9 Å². The van der Waals surface area contributed by atoms with Crippen LogP contribution in [0.15, 0.2) is 24.3 Å². The van der Waals surface area contributed by atoms with E-state index in [0.29, 0.717) is 6.61 Å². The lowest BCUT2D eigenvalue weighted by Crippen LogP contribution is -1.99. The van der Waals surface area contributed by atoms with E-state index in [0.717, 1.165) is 12.8 Å². The smallest absolute Gasteiger partial charge is 0.330 e. The summed E-state index contributed by atoms with van der Waals surface area (Å²) in [5, 5.41) is 0. The second-order valence-electron chi connectivity index (χ2n) is 2.63. The highest BCUT2D eigenvalue weighted by Gasteiger charge is 1.92. The number of hydrogen-bond donors (Lipinski definition) is 0. The maximum absolute atomic E-state index is 10.6. The number of rotatable bonds is 5. The molecular weight excluding hydrogens is 152 g/mol. The van der Waals surface area contributed by atoms with Gasteiger partial charge in [-0.05, 0) is 19.4 Å². The van der Waals surface area contributed by atoms with Crippen molar-refractivity contribution < 1.29 is 9.53 Å². The molecule has 0 unspecified atom stereocenters. The highest BCUT2D eigenvalue weighted by atomic mass is 16.5. The molecule has 0 heterocycles. The third kappa shape index (κ3) is 5.71. The third-order valence-corrected chi connectivity index (χ3v) is 1.47. The molecule has 0 saturated heterocycles. The molecule has 0 bridgehead atoms. The van der Waals surface area contributed by atoms with Crippen LogP contribution in [-0.2, 0) is 9.53 Å². The van der Waals surface area contributed by atoms with Crippen molar-refractivity contribution in [1.29, 1.82) is 0 Å². The summed E-state index contributed by atoms with van der Waals surface area (Å²) in [6, 6.07) is 0. The Kier molecular flexibility index (Phi) is 6.07. The minimum atomic E-state index is -0.365. The van der Waals surface area contributed by atoms with Crippen molar-refractivity contribution in [2.75, 3.05) is 6.61 Å². The molecule has 12 heavy (non-hydrogen) atoms. The lowest BCUT2D eigenvalue weighted by Gasteiger charge is -1.99. The first kappa shape index (κ1) is 11.0. The SMILES string of the molecule is C=CC(=O)OCC=C(C)CCC. The summed E-state index contributed by atoms with van der Waals surface area (Å²) in [6.45, 7) is 7.81. The van der Waals surface area contributed by atoms with Crippen LogP contribution in [0.2, 0.25) is 0 Å². The predicted molar refractivity (Wildman–Crippen MR) is 49.8 cm³/mol. The van der Waals surface area contributed by atoms with E-state index in [9.17, 15) is 4.79 Å². The highest BCUT2D eigenvalue weighted by molar-refractivity contribution is 5.81. The van der Waals surface area contributed by atoms with Gasteiger partial charge in [-0.25, -0.2) is 4.79 Å². The Morgan fingerprint density at radius 2 is 2.25 bits per heavy atom. The quantitative estimate of drug-likeness (QED) is 0.358. The van der Waals surface area contributed by atoms with Crippen LogP contribution in [0.4, 0.5) is 0 Å². The maximum atomic E-state index is 10.6. The molecule has 0 amide bonds. The molecule has 0 aliphatic rings. The van der Waals surface area contributed by atoms with Crippen molar-refractivity contribution in [2.45, 2.75) is 26.7 Å². The summed E-state index contributed by atoms with van der Waals surface area (Å²) in [4.78, 5) is 10.6. The van der Waals surface area contributed by atoms with Crippen molar-refractivity contribution in [2.24, 2.45) is 0 Å². The molecule has 0 fully saturated rings. The van der Waals surface area contributed by atoms with Crippen molar-refractivity contribution in [3.63, 3.8) is 0 Å². The van der Waals surface area contributed by atoms with E-state index < -0.39 is 0 Å². The van der Waals surface area contributed by atoms with Crippen molar-refractivity contribution in [1.82, 2.24) is 0 Å². The van der Waals surface area contributed by atoms with Crippen LogP contribution in [-0.4, -0.2) is 12.6 Å². The summed E-state index contributed by atoms with van der Waals surface area (Å²) in [5.41, 5.74) is 1.26. The molecule has 0 aromatic carbocycles. The van der Waals surface area contributed by atoms with Gasteiger partial charge in [-0.3, -0.25) is 0 Å². The Morgan fingerprint density at radius 3 is 2.75 bits per heavy atom. The van der Waals surface area contributed by atoms with Crippen LogP contribution in [0.25, 0.3) is 0 Å². The Bertz CT molecular complexity index is 180. The molecule has 0 spiro atoms. The third-order valence-electron chi connectivity index (χ3n) is 1.47. The zero-order valence-electron chi connectivity index (χ0n) is 7.80. The molecule has 2 heteroatoms. The zero-order valence-corrected chi connectivity index (χ0v) is 7.80. The fourth-order valence-electron chi connectivity index (χ4n) is 0.821. The first-order chi connectivity index (χ1) is 5.70. The molecule has 0 saturated carbocycles. The van der Waals surface area contributed by atoms with Gasteiger partial charge >= 0.3 is 5.97 Å². The maximum Gasteiger partial charge on any atom is 0.330 e. The van der Waals surface area contributed by atoms with Gasteiger partial charge in [0.05, 0.1) is 0 Å². The van der Waals surface area contributed by atoms with Crippen LogP contribution >= 0.6 is 0 Å². The van der Waals surface area contributed by atoms with E-state index in [1.807, 2.05) is 13.0 Å².